The number of carboxylic acids is 1. The minimum Gasteiger partial charge on any atom is -0.507 e. The third-order valence-electron chi connectivity index (χ3n) is 3.78. The van der Waals surface area contributed by atoms with Crippen molar-refractivity contribution in [1.29, 1.82) is 0 Å². The molecule has 0 spiro atoms. The van der Waals surface area contributed by atoms with Gasteiger partial charge in [-0.1, -0.05) is 42.5 Å². The molecule has 0 aromatic heterocycles. The average molecular weight is 350 g/mol. The topological polar surface area (TPSA) is 76.0 Å². The Hall–Kier alpha value is -3.47. The van der Waals surface area contributed by atoms with Gasteiger partial charge in [-0.05, 0) is 35.4 Å². The van der Waals surface area contributed by atoms with E-state index in [0.717, 1.165) is 16.9 Å². The van der Waals surface area contributed by atoms with Gasteiger partial charge in [0.1, 0.15) is 36.0 Å². The van der Waals surface area contributed by atoms with Gasteiger partial charge in [-0.25, -0.2) is 4.79 Å². The molecule has 0 bridgehead atoms. The van der Waals surface area contributed by atoms with E-state index in [4.69, 9.17) is 14.6 Å². The lowest BCUT2D eigenvalue weighted by Crippen LogP contribution is -2.09. The van der Waals surface area contributed by atoms with Crippen LogP contribution in [-0.4, -0.2) is 29.4 Å². The van der Waals surface area contributed by atoms with Crippen molar-refractivity contribution >= 4 is 5.97 Å². The molecule has 0 radical (unpaired) electrons. The molecule has 0 unspecified atom stereocenters. The number of benzene rings is 3. The van der Waals surface area contributed by atoms with Crippen LogP contribution >= 0.6 is 0 Å². The maximum absolute atomic E-state index is 10.8. The van der Waals surface area contributed by atoms with Crippen molar-refractivity contribution in [3.8, 4) is 28.4 Å². The Morgan fingerprint density at radius 2 is 1.35 bits per heavy atom. The van der Waals surface area contributed by atoms with E-state index in [1.807, 2.05) is 42.5 Å². The lowest BCUT2D eigenvalue weighted by molar-refractivity contribution is 0.0693. The normalized spacial score (nSPS) is 10.3. The van der Waals surface area contributed by atoms with Crippen molar-refractivity contribution in [2.45, 2.75) is 0 Å². The number of aromatic carboxylic acids is 1. The van der Waals surface area contributed by atoms with Gasteiger partial charge in [-0.15, -0.1) is 0 Å². The number of rotatable bonds is 7. The van der Waals surface area contributed by atoms with Gasteiger partial charge in [0.2, 0.25) is 0 Å². The highest BCUT2D eigenvalue weighted by Gasteiger charge is 2.10. The van der Waals surface area contributed by atoms with E-state index in [0.29, 0.717) is 12.4 Å². The zero-order chi connectivity index (χ0) is 18.4. The Labute approximate surface area is 151 Å². The number of carbonyl (C=O) groups is 1. The number of carboxylic acid groups (broad SMARTS) is 1. The smallest absolute Gasteiger partial charge is 0.339 e. The van der Waals surface area contributed by atoms with Gasteiger partial charge in [0, 0.05) is 6.07 Å². The molecule has 5 heteroatoms. The molecule has 0 heterocycles. The maximum atomic E-state index is 10.8. The van der Waals surface area contributed by atoms with E-state index in [-0.39, 0.29) is 17.9 Å². The number of hydrogen-bond acceptors (Lipinski definition) is 4. The summed E-state index contributed by atoms with van der Waals surface area (Å²) < 4.78 is 11.1. The van der Waals surface area contributed by atoms with Gasteiger partial charge in [0.15, 0.2) is 0 Å². The number of ether oxygens (including phenoxy) is 2. The van der Waals surface area contributed by atoms with Crippen molar-refractivity contribution in [3.63, 3.8) is 0 Å². The average Bonchev–Trinajstić information content (AvgIpc) is 2.66. The molecule has 2 N–H and O–H groups in total. The van der Waals surface area contributed by atoms with Crippen molar-refractivity contribution in [1.82, 2.24) is 0 Å². The van der Waals surface area contributed by atoms with E-state index in [9.17, 15) is 9.90 Å². The second-order valence-corrected chi connectivity index (χ2v) is 5.57. The molecule has 3 rings (SSSR count). The van der Waals surface area contributed by atoms with E-state index < -0.39 is 5.97 Å². The van der Waals surface area contributed by atoms with Crippen LogP contribution in [0.3, 0.4) is 0 Å². The molecule has 3 aromatic rings. The lowest BCUT2D eigenvalue weighted by Gasteiger charge is -2.10. The molecule has 26 heavy (non-hydrogen) atoms. The van der Waals surface area contributed by atoms with Gasteiger partial charge in [0.25, 0.3) is 0 Å². The summed E-state index contributed by atoms with van der Waals surface area (Å²) in [7, 11) is 0. The first-order chi connectivity index (χ1) is 12.6. The molecular formula is C21H18O5. The fourth-order valence-electron chi connectivity index (χ4n) is 2.48. The molecule has 0 fully saturated rings. The van der Waals surface area contributed by atoms with Gasteiger partial charge in [-0.2, -0.15) is 0 Å². The molecule has 0 amide bonds. The van der Waals surface area contributed by atoms with Crippen molar-refractivity contribution in [3.05, 3.63) is 78.4 Å². The summed E-state index contributed by atoms with van der Waals surface area (Å²) >= 11 is 0. The Kier molecular flexibility index (Phi) is 5.39. The molecular weight excluding hydrogens is 332 g/mol. The summed E-state index contributed by atoms with van der Waals surface area (Å²) in [5.41, 5.74) is 2.10. The zero-order valence-corrected chi connectivity index (χ0v) is 14.0. The molecule has 3 aromatic carbocycles. The SMILES string of the molecule is O=C(O)c1ccc(OCCOc2ccc(-c3ccccc3)cc2)cc1O. The molecule has 0 aliphatic rings. The third-order valence-corrected chi connectivity index (χ3v) is 3.78. The predicted octanol–water partition coefficient (Wildman–Crippen LogP) is 4.22. The third kappa shape index (κ3) is 4.33. The largest absolute Gasteiger partial charge is 0.507 e. The predicted molar refractivity (Wildman–Crippen MR) is 97.9 cm³/mol. The lowest BCUT2D eigenvalue weighted by atomic mass is 10.1. The van der Waals surface area contributed by atoms with Crippen LogP contribution in [0.2, 0.25) is 0 Å². The van der Waals surface area contributed by atoms with Crippen molar-refractivity contribution < 1.29 is 24.5 Å². The Morgan fingerprint density at radius 3 is 1.96 bits per heavy atom. The standard InChI is InChI=1S/C21H18O5/c22-20-14-18(10-11-19(20)21(23)24)26-13-12-25-17-8-6-16(7-9-17)15-4-2-1-3-5-15/h1-11,14,22H,12-13H2,(H,23,24). The van der Waals surface area contributed by atoms with E-state index in [1.165, 1.54) is 18.2 Å². The van der Waals surface area contributed by atoms with Crippen LogP contribution in [0.4, 0.5) is 0 Å². The summed E-state index contributed by atoms with van der Waals surface area (Å²) in [6.07, 6.45) is 0. The van der Waals surface area contributed by atoms with Crippen LogP contribution in [0.25, 0.3) is 11.1 Å². The highest BCUT2D eigenvalue weighted by Crippen LogP contribution is 2.24. The van der Waals surface area contributed by atoms with E-state index >= 15 is 0 Å². The highest BCUT2D eigenvalue weighted by atomic mass is 16.5. The molecule has 132 valence electrons. The highest BCUT2D eigenvalue weighted by molar-refractivity contribution is 5.90. The van der Waals surface area contributed by atoms with E-state index in [1.54, 1.807) is 0 Å². The van der Waals surface area contributed by atoms with Gasteiger partial charge in [0.05, 0.1) is 0 Å². The molecule has 0 saturated heterocycles. The zero-order valence-electron chi connectivity index (χ0n) is 14.0. The summed E-state index contributed by atoms with van der Waals surface area (Å²) in [5, 5.41) is 18.5. The summed E-state index contributed by atoms with van der Waals surface area (Å²) in [4.78, 5) is 10.8. The fraction of sp³-hybridized carbons (Fsp3) is 0.0952. The van der Waals surface area contributed by atoms with Gasteiger partial charge < -0.3 is 19.7 Å². The first kappa shape index (κ1) is 17.4. The maximum Gasteiger partial charge on any atom is 0.339 e. The fourth-order valence-corrected chi connectivity index (χ4v) is 2.48. The van der Waals surface area contributed by atoms with Crippen LogP contribution < -0.4 is 9.47 Å². The Balaban J connectivity index is 1.49. The minimum absolute atomic E-state index is 0.160. The van der Waals surface area contributed by atoms with Crippen LogP contribution in [0.15, 0.2) is 72.8 Å². The van der Waals surface area contributed by atoms with Crippen LogP contribution in [0.1, 0.15) is 10.4 Å². The first-order valence-electron chi connectivity index (χ1n) is 8.11. The quantitative estimate of drug-likeness (QED) is 0.624. The number of phenols is 1. The van der Waals surface area contributed by atoms with Crippen molar-refractivity contribution in [2.24, 2.45) is 0 Å². The van der Waals surface area contributed by atoms with Gasteiger partial charge >= 0.3 is 5.97 Å². The summed E-state index contributed by atoms with van der Waals surface area (Å²) in [5.74, 6) is -0.392. The molecule has 0 aliphatic heterocycles. The number of aromatic hydroxyl groups is 1. The Morgan fingerprint density at radius 1 is 0.769 bits per heavy atom. The second kappa shape index (κ2) is 8.07. The van der Waals surface area contributed by atoms with Crippen LogP contribution in [0, 0.1) is 0 Å². The van der Waals surface area contributed by atoms with E-state index in [2.05, 4.69) is 12.1 Å². The van der Waals surface area contributed by atoms with Crippen LogP contribution in [0.5, 0.6) is 17.2 Å². The molecule has 0 aliphatic carbocycles. The Bertz CT molecular complexity index is 873. The van der Waals surface area contributed by atoms with Crippen LogP contribution in [-0.2, 0) is 0 Å². The number of hydrogen-bond donors (Lipinski definition) is 2. The molecule has 0 saturated carbocycles. The molecule has 5 nitrogen and oxygen atoms in total. The molecule has 0 atom stereocenters. The van der Waals surface area contributed by atoms with Gasteiger partial charge in [-0.3, -0.25) is 0 Å². The summed E-state index contributed by atoms with van der Waals surface area (Å²) in [6, 6.07) is 21.9. The summed E-state index contributed by atoms with van der Waals surface area (Å²) in [6.45, 7) is 0.596. The minimum atomic E-state index is -1.18. The monoisotopic (exact) mass is 350 g/mol. The first-order valence-corrected chi connectivity index (χ1v) is 8.11. The van der Waals surface area contributed by atoms with Crippen molar-refractivity contribution in [2.75, 3.05) is 13.2 Å². The second-order valence-electron chi connectivity index (χ2n) is 5.57.